The Labute approximate surface area is 122 Å². The highest BCUT2D eigenvalue weighted by Gasteiger charge is 2.43. The van der Waals surface area contributed by atoms with Gasteiger partial charge in [-0.2, -0.15) is 0 Å². The van der Waals surface area contributed by atoms with Crippen molar-refractivity contribution in [1.29, 1.82) is 0 Å². The molecule has 0 radical (unpaired) electrons. The molecule has 2 fully saturated rings. The summed E-state index contributed by atoms with van der Waals surface area (Å²) >= 11 is 1.55. The van der Waals surface area contributed by atoms with E-state index >= 15 is 0 Å². The molecule has 0 aromatic rings. The minimum atomic E-state index is -1.08. The van der Waals surface area contributed by atoms with Crippen LogP contribution in [0.2, 0.25) is 0 Å². The number of aliphatic imine (C=N–C) groups is 1. The number of hydrogen-bond donors (Lipinski definition) is 3. The van der Waals surface area contributed by atoms with E-state index in [2.05, 4.69) is 9.89 Å². The van der Waals surface area contributed by atoms with E-state index in [4.69, 9.17) is 4.74 Å². The van der Waals surface area contributed by atoms with Gasteiger partial charge in [-0.05, 0) is 19.3 Å². The molecule has 0 aromatic heterocycles. The summed E-state index contributed by atoms with van der Waals surface area (Å²) in [5.74, 6) is 0. The summed E-state index contributed by atoms with van der Waals surface area (Å²) in [4.78, 5) is 6.86. The summed E-state index contributed by atoms with van der Waals surface area (Å²) in [7, 11) is 0. The van der Waals surface area contributed by atoms with Crippen LogP contribution in [-0.4, -0.2) is 74.9 Å². The number of piperidine rings is 1. The van der Waals surface area contributed by atoms with Crippen LogP contribution in [0.3, 0.4) is 0 Å². The molecule has 20 heavy (non-hydrogen) atoms. The van der Waals surface area contributed by atoms with Crippen LogP contribution in [0.25, 0.3) is 0 Å². The lowest BCUT2D eigenvalue weighted by Gasteiger charge is -2.34. The van der Waals surface area contributed by atoms with E-state index in [1.807, 2.05) is 0 Å². The molecule has 0 saturated carbocycles. The van der Waals surface area contributed by atoms with Crippen LogP contribution >= 0.6 is 11.8 Å². The molecule has 7 heteroatoms. The smallest absolute Gasteiger partial charge is 0.162 e. The lowest BCUT2D eigenvalue weighted by atomic mass is 10.0. The number of fused-ring (bicyclic) bond motifs is 2. The molecular weight excluding hydrogens is 280 g/mol. The lowest BCUT2D eigenvalue weighted by Crippen LogP contribution is -2.44. The van der Waals surface area contributed by atoms with E-state index in [0.29, 0.717) is 6.42 Å². The second-order valence-corrected chi connectivity index (χ2v) is 6.77. The fraction of sp³-hybridized carbons (Fsp3) is 0.923. The maximum Gasteiger partial charge on any atom is 0.162 e. The first-order valence-electron chi connectivity index (χ1n) is 7.31. The molecule has 3 aliphatic rings. The zero-order chi connectivity index (χ0) is 14.1. The number of amidine groups is 1. The van der Waals surface area contributed by atoms with Crippen molar-refractivity contribution in [3.8, 4) is 0 Å². The standard InChI is InChI=1S/C13H22N2O4S/c16-7-9-12(18)11(17)8-6-10(19-9)20-13(14-8)15-4-2-1-3-5-15/h8-12,16-18H,1-7H2. The molecular formula is C13H22N2O4S. The van der Waals surface area contributed by atoms with E-state index in [1.54, 1.807) is 11.8 Å². The fourth-order valence-electron chi connectivity index (χ4n) is 3.00. The first kappa shape index (κ1) is 14.6. The maximum absolute atomic E-state index is 10.2. The number of rotatable bonds is 1. The monoisotopic (exact) mass is 302 g/mol. The average molecular weight is 302 g/mol. The van der Waals surface area contributed by atoms with Crippen molar-refractivity contribution in [2.45, 2.75) is 55.5 Å². The Morgan fingerprint density at radius 3 is 2.65 bits per heavy atom. The molecule has 114 valence electrons. The Hall–Kier alpha value is -0.340. The van der Waals surface area contributed by atoms with Crippen molar-refractivity contribution < 1.29 is 20.1 Å². The molecule has 3 aliphatic heterocycles. The first-order chi connectivity index (χ1) is 9.69. The zero-order valence-corrected chi connectivity index (χ0v) is 12.2. The van der Waals surface area contributed by atoms with Gasteiger partial charge in [-0.15, -0.1) is 0 Å². The molecule has 6 nitrogen and oxygen atoms in total. The fourth-order valence-corrected chi connectivity index (χ4v) is 4.26. The van der Waals surface area contributed by atoms with E-state index in [1.165, 1.54) is 19.3 Å². The summed E-state index contributed by atoms with van der Waals surface area (Å²) in [6.45, 7) is 1.70. The van der Waals surface area contributed by atoms with Crippen LogP contribution in [0.5, 0.6) is 0 Å². The van der Waals surface area contributed by atoms with Gasteiger partial charge in [-0.1, -0.05) is 11.8 Å². The summed E-state index contributed by atoms with van der Waals surface area (Å²) in [6.07, 6.45) is 1.38. The van der Waals surface area contributed by atoms with Crippen molar-refractivity contribution in [3.05, 3.63) is 0 Å². The van der Waals surface area contributed by atoms with Crippen LogP contribution in [0.15, 0.2) is 4.99 Å². The van der Waals surface area contributed by atoms with E-state index in [0.717, 1.165) is 18.3 Å². The number of thioether (sulfide) groups is 1. The highest BCUT2D eigenvalue weighted by atomic mass is 32.2. The van der Waals surface area contributed by atoms with Gasteiger partial charge in [0.1, 0.15) is 23.7 Å². The summed E-state index contributed by atoms with van der Waals surface area (Å²) in [5, 5.41) is 30.4. The van der Waals surface area contributed by atoms with Crippen LogP contribution in [0, 0.1) is 0 Å². The molecule has 5 unspecified atom stereocenters. The Kier molecular flexibility index (Phi) is 4.52. The van der Waals surface area contributed by atoms with Gasteiger partial charge in [0.25, 0.3) is 0 Å². The second-order valence-electron chi connectivity index (χ2n) is 5.65. The van der Waals surface area contributed by atoms with Crippen molar-refractivity contribution in [3.63, 3.8) is 0 Å². The van der Waals surface area contributed by atoms with Gasteiger partial charge in [0, 0.05) is 19.5 Å². The van der Waals surface area contributed by atoms with Crippen molar-refractivity contribution in [2.75, 3.05) is 19.7 Å². The van der Waals surface area contributed by atoms with Crippen LogP contribution in [0.1, 0.15) is 25.7 Å². The molecule has 3 heterocycles. The highest BCUT2D eigenvalue weighted by Crippen LogP contribution is 2.35. The number of nitrogens with zero attached hydrogens (tertiary/aromatic N) is 2. The van der Waals surface area contributed by atoms with Gasteiger partial charge >= 0.3 is 0 Å². The number of aliphatic hydroxyl groups excluding tert-OH is 3. The predicted molar refractivity (Wildman–Crippen MR) is 76.6 cm³/mol. The van der Waals surface area contributed by atoms with Gasteiger partial charge in [0.05, 0.1) is 12.6 Å². The second kappa shape index (κ2) is 6.19. The largest absolute Gasteiger partial charge is 0.394 e. The van der Waals surface area contributed by atoms with Gasteiger partial charge in [0.15, 0.2) is 5.17 Å². The Bertz CT molecular complexity index is 375. The molecule has 0 amide bonds. The Morgan fingerprint density at radius 2 is 1.95 bits per heavy atom. The third-order valence-electron chi connectivity index (χ3n) is 4.21. The van der Waals surface area contributed by atoms with Crippen molar-refractivity contribution >= 4 is 16.9 Å². The van der Waals surface area contributed by atoms with Crippen LogP contribution in [-0.2, 0) is 4.74 Å². The number of likely N-dealkylation sites (tertiary alicyclic amines) is 1. The van der Waals surface area contributed by atoms with Gasteiger partial charge in [0.2, 0.25) is 0 Å². The predicted octanol–water partition coefficient (Wildman–Crippen LogP) is -0.227. The first-order valence-corrected chi connectivity index (χ1v) is 8.19. The third-order valence-corrected chi connectivity index (χ3v) is 5.35. The molecule has 5 atom stereocenters. The SMILES string of the molecule is OCC1OC2CC(N=C(N3CCCCC3)S2)C(O)C1O. The highest BCUT2D eigenvalue weighted by molar-refractivity contribution is 8.14. The number of ether oxygens (including phenoxy) is 1. The molecule has 2 bridgehead atoms. The number of aliphatic hydroxyl groups is 3. The Balaban J connectivity index is 1.78. The van der Waals surface area contributed by atoms with Crippen molar-refractivity contribution in [2.24, 2.45) is 4.99 Å². The molecule has 0 aromatic carbocycles. The summed E-state index contributed by atoms with van der Waals surface area (Å²) < 4.78 is 5.73. The average Bonchev–Trinajstić information content (AvgIpc) is 2.58. The summed E-state index contributed by atoms with van der Waals surface area (Å²) in [5.41, 5.74) is -0.154. The quantitative estimate of drug-likeness (QED) is 0.620. The minimum Gasteiger partial charge on any atom is -0.394 e. The van der Waals surface area contributed by atoms with E-state index in [-0.39, 0.29) is 18.1 Å². The molecule has 2 saturated heterocycles. The topological polar surface area (TPSA) is 85.5 Å². The van der Waals surface area contributed by atoms with Gasteiger partial charge < -0.3 is 25.0 Å². The maximum atomic E-state index is 10.2. The summed E-state index contributed by atoms with van der Waals surface area (Å²) in [6, 6.07) is -0.343. The Morgan fingerprint density at radius 1 is 1.20 bits per heavy atom. The third kappa shape index (κ3) is 2.82. The molecule has 0 spiro atoms. The molecule has 3 N–H and O–H groups in total. The number of hydrogen-bond acceptors (Lipinski definition) is 7. The normalized spacial score (nSPS) is 42.0. The van der Waals surface area contributed by atoms with Crippen LogP contribution in [0.4, 0.5) is 0 Å². The zero-order valence-electron chi connectivity index (χ0n) is 11.4. The van der Waals surface area contributed by atoms with E-state index < -0.39 is 18.3 Å². The lowest BCUT2D eigenvalue weighted by molar-refractivity contribution is -0.0955. The van der Waals surface area contributed by atoms with Gasteiger partial charge in [-0.25, -0.2) is 0 Å². The molecule has 3 rings (SSSR count). The minimum absolute atomic E-state index is 0.154. The van der Waals surface area contributed by atoms with Crippen LogP contribution < -0.4 is 0 Å². The van der Waals surface area contributed by atoms with Crippen molar-refractivity contribution in [1.82, 2.24) is 4.90 Å². The van der Waals surface area contributed by atoms with Gasteiger partial charge in [-0.3, -0.25) is 4.99 Å². The van der Waals surface area contributed by atoms with E-state index in [9.17, 15) is 15.3 Å². The molecule has 0 aliphatic carbocycles.